The van der Waals surface area contributed by atoms with Gasteiger partial charge < -0.3 is 11.5 Å². The van der Waals surface area contributed by atoms with Gasteiger partial charge in [0.1, 0.15) is 12.6 Å². The lowest BCUT2D eigenvalue weighted by molar-refractivity contribution is 0.544. The Hall–Kier alpha value is -0.200. The summed E-state index contributed by atoms with van der Waals surface area (Å²) in [4.78, 5) is 0. The third-order valence-electron chi connectivity index (χ3n) is 0.753. The maximum Gasteiger partial charge on any atom is 0.124 e. The van der Waals surface area contributed by atoms with Crippen LogP contribution in [0.4, 0.5) is 0 Å². The molecule has 1 aliphatic heterocycles. The van der Waals surface area contributed by atoms with E-state index in [9.17, 15) is 0 Å². The first-order valence-electron chi connectivity index (χ1n) is 2.07. The molecular weight excluding hydrogens is 94.1 g/mol. The van der Waals surface area contributed by atoms with Crippen molar-refractivity contribution in [3.63, 3.8) is 0 Å². The minimum Gasteiger partial charge on any atom is -0.302 e. The van der Waals surface area contributed by atoms with Gasteiger partial charge in [-0.2, -0.15) is 0 Å². The molecule has 1 heterocycles. The smallest absolute Gasteiger partial charge is 0.124 e. The zero-order chi connectivity index (χ0) is 5.28. The summed E-state index contributed by atoms with van der Waals surface area (Å²) in [6, 6.07) is 0. The van der Waals surface area contributed by atoms with Gasteiger partial charge in [-0.05, 0) is 0 Å². The summed E-state index contributed by atoms with van der Waals surface area (Å²) in [5.41, 5.74) is 15.8. The molecule has 1 fully saturated rings. The summed E-state index contributed by atoms with van der Waals surface area (Å²) in [5.74, 6) is 0. The highest BCUT2D eigenvalue weighted by atomic mass is 15.6. The van der Waals surface area contributed by atoms with Crippen molar-refractivity contribution in [3.05, 3.63) is 0 Å². The fraction of sp³-hybridized carbons (Fsp3) is 1.00. The molecule has 0 bridgehead atoms. The lowest BCUT2D eigenvalue weighted by Crippen LogP contribution is -2.43. The largest absolute Gasteiger partial charge is 0.302 e. The monoisotopic (exact) mass is 103 g/mol. The zero-order valence-electron chi connectivity index (χ0n) is 3.81. The summed E-state index contributed by atoms with van der Waals surface area (Å²) >= 11 is 0. The van der Waals surface area contributed by atoms with Gasteiger partial charge in [-0.25, -0.2) is 10.9 Å². The van der Waals surface area contributed by atoms with Crippen LogP contribution < -0.4 is 27.6 Å². The van der Waals surface area contributed by atoms with Crippen LogP contribution in [0.5, 0.6) is 0 Å². The van der Waals surface area contributed by atoms with Crippen LogP contribution in [-0.4, -0.2) is 12.6 Å². The second-order valence-corrected chi connectivity index (χ2v) is 1.41. The molecule has 0 spiro atoms. The lowest BCUT2D eigenvalue weighted by Gasteiger charge is -1.99. The molecule has 42 valence electrons. The summed E-state index contributed by atoms with van der Waals surface area (Å²) < 4.78 is 0. The van der Waals surface area contributed by atoms with Crippen molar-refractivity contribution in [2.24, 2.45) is 11.5 Å². The van der Waals surface area contributed by atoms with Crippen LogP contribution in [0.3, 0.4) is 0 Å². The van der Waals surface area contributed by atoms with Crippen molar-refractivity contribution >= 4 is 0 Å². The summed E-state index contributed by atoms with van der Waals surface area (Å²) in [6.07, 6.45) is -0.426. The number of hydrazine groups is 1. The minimum atomic E-state index is -0.213. The maximum absolute atomic E-state index is 5.26. The maximum atomic E-state index is 5.26. The van der Waals surface area contributed by atoms with E-state index in [0.29, 0.717) is 0 Å². The van der Waals surface area contributed by atoms with Crippen LogP contribution in [0.1, 0.15) is 0 Å². The molecule has 5 heteroatoms. The number of hydrogen-bond acceptors (Lipinski definition) is 5. The Kier molecular flexibility index (Phi) is 1.22. The Labute approximate surface area is 41.4 Å². The molecule has 7 N–H and O–H groups in total. The van der Waals surface area contributed by atoms with Crippen LogP contribution in [0.2, 0.25) is 0 Å². The number of rotatable bonds is 0. The van der Waals surface area contributed by atoms with Crippen molar-refractivity contribution in [2.45, 2.75) is 12.6 Å². The predicted molar refractivity (Wildman–Crippen MR) is 25.4 cm³/mol. The molecule has 1 aliphatic rings. The van der Waals surface area contributed by atoms with Gasteiger partial charge in [-0.15, -0.1) is 0 Å². The highest BCUT2D eigenvalue weighted by Gasteiger charge is 2.12. The molecule has 0 aromatic carbocycles. The average molecular weight is 103 g/mol. The molecule has 1 saturated heterocycles. The minimum absolute atomic E-state index is 0.213. The van der Waals surface area contributed by atoms with E-state index >= 15 is 0 Å². The zero-order valence-corrected chi connectivity index (χ0v) is 3.81. The third kappa shape index (κ3) is 1.08. The molecule has 0 amide bonds. The molecule has 2 unspecified atom stereocenters. The first-order chi connectivity index (χ1) is 3.29. The fourth-order valence-electron chi connectivity index (χ4n) is 0.456. The van der Waals surface area contributed by atoms with Gasteiger partial charge >= 0.3 is 0 Å². The van der Waals surface area contributed by atoms with E-state index in [1.165, 1.54) is 0 Å². The number of nitrogens with two attached hydrogens (primary N) is 2. The van der Waals surface area contributed by atoms with Gasteiger partial charge in [0.2, 0.25) is 0 Å². The van der Waals surface area contributed by atoms with E-state index in [0.717, 1.165) is 0 Å². The summed E-state index contributed by atoms with van der Waals surface area (Å²) in [6.45, 7) is 0. The van der Waals surface area contributed by atoms with Crippen molar-refractivity contribution in [2.75, 3.05) is 0 Å². The van der Waals surface area contributed by atoms with Crippen LogP contribution in [0.15, 0.2) is 0 Å². The summed E-state index contributed by atoms with van der Waals surface area (Å²) in [5, 5.41) is 2.75. The molecular formula is C2H9N5. The molecule has 0 radical (unpaired) electrons. The molecule has 2 atom stereocenters. The van der Waals surface area contributed by atoms with Crippen molar-refractivity contribution in [1.82, 2.24) is 16.2 Å². The number of nitrogens with one attached hydrogen (secondary N) is 3. The van der Waals surface area contributed by atoms with Crippen molar-refractivity contribution < 1.29 is 0 Å². The first kappa shape index (κ1) is 4.95. The Morgan fingerprint density at radius 1 is 1.00 bits per heavy atom. The van der Waals surface area contributed by atoms with E-state index in [-0.39, 0.29) is 12.6 Å². The van der Waals surface area contributed by atoms with E-state index in [2.05, 4.69) is 16.2 Å². The normalized spacial score (nSPS) is 42.0. The Balaban J connectivity index is 2.26. The topological polar surface area (TPSA) is 88.1 Å². The van der Waals surface area contributed by atoms with Crippen molar-refractivity contribution in [1.29, 1.82) is 0 Å². The second kappa shape index (κ2) is 1.73. The lowest BCUT2D eigenvalue weighted by atomic mass is 10.8. The first-order valence-corrected chi connectivity index (χ1v) is 2.07. The van der Waals surface area contributed by atoms with Crippen LogP contribution in [-0.2, 0) is 0 Å². The Morgan fingerprint density at radius 3 is 1.57 bits per heavy atom. The van der Waals surface area contributed by atoms with Gasteiger partial charge in [-0.1, -0.05) is 0 Å². The van der Waals surface area contributed by atoms with Gasteiger partial charge in [-0.3, -0.25) is 5.32 Å². The van der Waals surface area contributed by atoms with Crippen LogP contribution in [0, 0.1) is 0 Å². The molecule has 7 heavy (non-hydrogen) atoms. The second-order valence-electron chi connectivity index (χ2n) is 1.41. The molecule has 5 nitrogen and oxygen atoms in total. The third-order valence-corrected chi connectivity index (χ3v) is 0.753. The van der Waals surface area contributed by atoms with E-state index in [4.69, 9.17) is 11.5 Å². The quantitative estimate of drug-likeness (QED) is 0.228. The highest BCUT2D eigenvalue weighted by molar-refractivity contribution is 4.65. The van der Waals surface area contributed by atoms with E-state index < -0.39 is 0 Å². The van der Waals surface area contributed by atoms with Gasteiger partial charge in [0.25, 0.3) is 0 Å². The molecule has 0 saturated carbocycles. The SMILES string of the molecule is NC1NNC(N)N1. The molecule has 1 rings (SSSR count). The van der Waals surface area contributed by atoms with Crippen LogP contribution in [0.25, 0.3) is 0 Å². The van der Waals surface area contributed by atoms with Gasteiger partial charge in [0, 0.05) is 0 Å². The Morgan fingerprint density at radius 2 is 1.43 bits per heavy atom. The predicted octanol–water partition coefficient (Wildman–Crippen LogP) is -2.83. The summed E-state index contributed by atoms with van der Waals surface area (Å²) in [7, 11) is 0. The van der Waals surface area contributed by atoms with Gasteiger partial charge in [0.15, 0.2) is 0 Å². The van der Waals surface area contributed by atoms with Gasteiger partial charge in [0.05, 0.1) is 0 Å². The van der Waals surface area contributed by atoms with E-state index in [1.807, 2.05) is 0 Å². The molecule has 0 aromatic heterocycles. The standard InChI is InChI=1S/C2H9N5/c3-1-5-2(4)7-6-1/h1-2,5-7H,3-4H2. The fourth-order valence-corrected chi connectivity index (χ4v) is 0.456. The molecule has 0 aromatic rings. The van der Waals surface area contributed by atoms with Crippen LogP contribution >= 0.6 is 0 Å². The Bertz CT molecular complexity index is 55.1. The van der Waals surface area contributed by atoms with Crippen molar-refractivity contribution in [3.8, 4) is 0 Å². The van der Waals surface area contributed by atoms with E-state index in [1.54, 1.807) is 0 Å². The highest BCUT2D eigenvalue weighted by Crippen LogP contribution is 1.70. The molecule has 0 aliphatic carbocycles. The number of hydrogen-bond donors (Lipinski definition) is 5. The average Bonchev–Trinajstić information content (AvgIpc) is 1.87.